The highest BCUT2D eigenvalue weighted by Crippen LogP contribution is 2.26. The molecular weight excluding hydrogens is 252 g/mol. The Hall–Kier alpha value is -0.170. The van der Waals surface area contributed by atoms with Gasteiger partial charge in [0.1, 0.15) is 0 Å². The number of aliphatic hydroxyl groups is 1. The summed E-state index contributed by atoms with van der Waals surface area (Å²) < 4.78 is 28.0. The van der Waals surface area contributed by atoms with Gasteiger partial charge >= 0.3 is 0 Å². The Labute approximate surface area is 110 Å². The van der Waals surface area contributed by atoms with Gasteiger partial charge in [-0.1, -0.05) is 6.92 Å². The normalized spacial score (nSPS) is 33.7. The predicted molar refractivity (Wildman–Crippen MR) is 70.3 cm³/mol. The number of rotatable bonds is 2. The van der Waals surface area contributed by atoms with Gasteiger partial charge in [-0.15, -0.1) is 0 Å². The van der Waals surface area contributed by atoms with Crippen LogP contribution < -0.4 is 0 Å². The van der Waals surface area contributed by atoms with Crippen molar-refractivity contribution in [3.8, 4) is 0 Å². The van der Waals surface area contributed by atoms with Gasteiger partial charge in [0.15, 0.2) is 0 Å². The summed E-state index contributed by atoms with van der Waals surface area (Å²) in [5.41, 5.74) is -0.881. The first-order chi connectivity index (χ1) is 8.31. The summed E-state index contributed by atoms with van der Waals surface area (Å²) >= 11 is 0. The lowest BCUT2D eigenvalue weighted by Crippen LogP contribution is -2.54. The van der Waals surface area contributed by atoms with Crippen LogP contribution >= 0.6 is 0 Å². The van der Waals surface area contributed by atoms with Crippen molar-refractivity contribution in [1.82, 2.24) is 8.61 Å². The van der Waals surface area contributed by atoms with Crippen LogP contribution in [0.25, 0.3) is 0 Å². The predicted octanol–water partition coefficient (Wildman–Crippen LogP) is 0.810. The molecule has 0 amide bonds. The van der Waals surface area contributed by atoms with Crippen molar-refractivity contribution >= 4 is 10.2 Å². The SMILES string of the molecule is CC1CCN(S(=O)(=O)N2CCCC(C)(O)C2)CC1. The zero-order chi connectivity index (χ0) is 13.4. The van der Waals surface area contributed by atoms with E-state index in [0.29, 0.717) is 32.0 Å². The van der Waals surface area contributed by atoms with Gasteiger partial charge in [0, 0.05) is 26.2 Å². The van der Waals surface area contributed by atoms with Gasteiger partial charge < -0.3 is 5.11 Å². The highest BCUT2D eigenvalue weighted by atomic mass is 32.2. The minimum atomic E-state index is -3.37. The zero-order valence-electron chi connectivity index (χ0n) is 11.3. The van der Waals surface area contributed by atoms with E-state index >= 15 is 0 Å². The molecule has 0 bridgehead atoms. The molecule has 2 aliphatic rings. The average Bonchev–Trinajstić information content (AvgIpc) is 2.28. The molecule has 2 fully saturated rings. The molecule has 0 radical (unpaired) electrons. The molecule has 0 aliphatic carbocycles. The zero-order valence-corrected chi connectivity index (χ0v) is 12.1. The molecule has 6 heteroatoms. The van der Waals surface area contributed by atoms with E-state index in [1.807, 2.05) is 0 Å². The van der Waals surface area contributed by atoms with Gasteiger partial charge in [-0.25, -0.2) is 0 Å². The second-order valence-electron chi connectivity index (χ2n) is 6.02. The van der Waals surface area contributed by atoms with Crippen molar-refractivity contribution in [2.75, 3.05) is 26.2 Å². The maximum Gasteiger partial charge on any atom is 0.282 e. The van der Waals surface area contributed by atoms with Crippen LogP contribution in [0.5, 0.6) is 0 Å². The molecule has 2 saturated heterocycles. The minimum absolute atomic E-state index is 0.224. The summed E-state index contributed by atoms with van der Waals surface area (Å²) in [5.74, 6) is 0.612. The van der Waals surface area contributed by atoms with Crippen molar-refractivity contribution in [2.45, 2.75) is 45.1 Å². The van der Waals surface area contributed by atoms with E-state index in [1.54, 1.807) is 11.2 Å². The number of nitrogens with zero attached hydrogens (tertiary/aromatic N) is 2. The van der Waals surface area contributed by atoms with Gasteiger partial charge in [0.25, 0.3) is 10.2 Å². The molecule has 0 aromatic carbocycles. The average molecular weight is 276 g/mol. The molecule has 18 heavy (non-hydrogen) atoms. The van der Waals surface area contributed by atoms with Crippen LogP contribution in [0.2, 0.25) is 0 Å². The van der Waals surface area contributed by atoms with Crippen molar-refractivity contribution in [3.05, 3.63) is 0 Å². The molecule has 5 nitrogen and oxygen atoms in total. The fourth-order valence-corrected chi connectivity index (χ4v) is 4.55. The van der Waals surface area contributed by atoms with Crippen LogP contribution in [0.15, 0.2) is 0 Å². The monoisotopic (exact) mass is 276 g/mol. The van der Waals surface area contributed by atoms with Crippen LogP contribution in [-0.2, 0) is 10.2 Å². The summed E-state index contributed by atoms with van der Waals surface area (Å²) in [6.07, 6.45) is 3.28. The molecule has 0 saturated carbocycles. The first-order valence-electron chi connectivity index (χ1n) is 6.79. The highest BCUT2D eigenvalue weighted by Gasteiger charge is 2.38. The summed E-state index contributed by atoms with van der Waals surface area (Å²) in [4.78, 5) is 0. The molecule has 2 aliphatic heterocycles. The maximum atomic E-state index is 12.5. The fourth-order valence-electron chi connectivity index (χ4n) is 2.75. The lowest BCUT2D eigenvalue weighted by Gasteiger charge is -2.40. The van der Waals surface area contributed by atoms with E-state index in [0.717, 1.165) is 19.3 Å². The molecule has 2 rings (SSSR count). The molecular formula is C12H24N2O3S. The van der Waals surface area contributed by atoms with Gasteiger partial charge in [0.2, 0.25) is 0 Å². The summed E-state index contributed by atoms with van der Waals surface area (Å²) in [7, 11) is -3.37. The molecule has 0 aromatic heterocycles. The Morgan fingerprint density at radius 3 is 2.33 bits per heavy atom. The van der Waals surface area contributed by atoms with Crippen molar-refractivity contribution in [3.63, 3.8) is 0 Å². The third kappa shape index (κ3) is 3.04. The third-order valence-corrected chi connectivity index (χ3v) is 6.02. The summed E-state index contributed by atoms with van der Waals surface area (Å²) in [6, 6.07) is 0. The minimum Gasteiger partial charge on any atom is -0.389 e. The van der Waals surface area contributed by atoms with Crippen molar-refractivity contribution in [2.24, 2.45) is 5.92 Å². The molecule has 1 N–H and O–H groups in total. The molecule has 1 atom stereocenters. The van der Waals surface area contributed by atoms with Gasteiger partial charge in [-0.3, -0.25) is 0 Å². The van der Waals surface area contributed by atoms with E-state index < -0.39 is 15.8 Å². The Kier molecular flexibility index (Phi) is 4.02. The molecule has 2 heterocycles. The van der Waals surface area contributed by atoms with Gasteiger partial charge in [-0.2, -0.15) is 17.0 Å². The lowest BCUT2D eigenvalue weighted by molar-refractivity contribution is 0.00746. The molecule has 106 valence electrons. The maximum absolute atomic E-state index is 12.5. The molecule has 1 unspecified atom stereocenters. The van der Waals surface area contributed by atoms with Crippen molar-refractivity contribution < 1.29 is 13.5 Å². The largest absolute Gasteiger partial charge is 0.389 e. The third-order valence-electron chi connectivity index (χ3n) is 4.04. The standard InChI is InChI=1S/C12H24N2O3S/c1-11-4-8-13(9-5-11)18(16,17)14-7-3-6-12(2,15)10-14/h11,15H,3-10H2,1-2H3. The Morgan fingerprint density at radius 1 is 1.17 bits per heavy atom. The van der Waals surface area contributed by atoms with Crippen LogP contribution in [0.1, 0.15) is 39.5 Å². The van der Waals surface area contributed by atoms with Crippen LogP contribution in [-0.4, -0.2) is 53.9 Å². The van der Waals surface area contributed by atoms with E-state index in [9.17, 15) is 13.5 Å². The second-order valence-corrected chi connectivity index (χ2v) is 7.95. The summed E-state index contributed by atoms with van der Waals surface area (Å²) in [6.45, 7) is 5.86. The first-order valence-corrected chi connectivity index (χ1v) is 8.18. The Balaban J connectivity index is 2.06. The molecule has 0 spiro atoms. The first kappa shape index (κ1) is 14.2. The topological polar surface area (TPSA) is 60.9 Å². The van der Waals surface area contributed by atoms with E-state index in [-0.39, 0.29) is 6.54 Å². The summed E-state index contributed by atoms with van der Waals surface area (Å²) in [5, 5.41) is 10.0. The Bertz CT molecular complexity index is 386. The van der Waals surface area contributed by atoms with Crippen LogP contribution in [0, 0.1) is 5.92 Å². The number of β-amino-alcohol motifs (C(OH)–C–C–N with tert-alkyl or cyclic N) is 1. The van der Waals surface area contributed by atoms with Gasteiger partial charge in [-0.05, 0) is 38.5 Å². The molecule has 0 aromatic rings. The number of hydrogen-bond donors (Lipinski definition) is 1. The van der Waals surface area contributed by atoms with E-state index in [4.69, 9.17) is 0 Å². The highest BCUT2D eigenvalue weighted by molar-refractivity contribution is 7.86. The second kappa shape index (κ2) is 5.07. The van der Waals surface area contributed by atoms with E-state index in [1.165, 1.54) is 4.31 Å². The smallest absolute Gasteiger partial charge is 0.282 e. The van der Waals surface area contributed by atoms with Crippen LogP contribution in [0.4, 0.5) is 0 Å². The van der Waals surface area contributed by atoms with Crippen molar-refractivity contribution in [1.29, 1.82) is 0 Å². The quantitative estimate of drug-likeness (QED) is 0.812. The number of piperidine rings is 2. The van der Waals surface area contributed by atoms with E-state index in [2.05, 4.69) is 6.92 Å². The Morgan fingerprint density at radius 2 is 1.78 bits per heavy atom. The fraction of sp³-hybridized carbons (Fsp3) is 1.00. The lowest BCUT2D eigenvalue weighted by atomic mass is 9.97. The number of hydrogen-bond acceptors (Lipinski definition) is 3. The van der Waals surface area contributed by atoms with Crippen LogP contribution in [0.3, 0.4) is 0 Å². The van der Waals surface area contributed by atoms with Gasteiger partial charge in [0.05, 0.1) is 5.60 Å².